The summed E-state index contributed by atoms with van der Waals surface area (Å²) in [5.41, 5.74) is 1.97. The normalized spacial score (nSPS) is 30.3. The van der Waals surface area contributed by atoms with Crippen molar-refractivity contribution in [2.45, 2.75) is 26.3 Å². The molecular formula is C14H16BrNO. The van der Waals surface area contributed by atoms with Crippen LogP contribution in [0.3, 0.4) is 0 Å². The molecule has 1 aromatic rings. The van der Waals surface area contributed by atoms with Crippen LogP contribution in [0.25, 0.3) is 0 Å². The van der Waals surface area contributed by atoms with Gasteiger partial charge in [0.25, 0.3) is 5.91 Å². The number of halogens is 1. The summed E-state index contributed by atoms with van der Waals surface area (Å²) < 4.78 is 0.912. The van der Waals surface area contributed by atoms with Crippen molar-refractivity contribution in [3.63, 3.8) is 0 Å². The van der Waals surface area contributed by atoms with Crippen LogP contribution < -0.4 is 0 Å². The second-order valence-electron chi connectivity index (χ2n) is 5.34. The number of amides is 1. The summed E-state index contributed by atoms with van der Waals surface area (Å²) in [6, 6.07) is 6.35. The number of carbonyl (C=O) groups is 1. The van der Waals surface area contributed by atoms with E-state index in [4.69, 9.17) is 0 Å². The van der Waals surface area contributed by atoms with Crippen molar-refractivity contribution in [2.75, 3.05) is 6.54 Å². The minimum absolute atomic E-state index is 0.177. The number of fused-ring (bicyclic) bond motifs is 1. The number of aryl methyl sites for hydroxylation is 1. The summed E-state index contributed by atoms with van der Waals surface area (Å²) in [4.78, 5) is 14.5. The third-order valence-corrected chi connectivity index (χ3v) is 4.79. The number of rotatable bonds is 1. The van der Waals surface area contributed by atoms with Gasteiger partial charge < -0.3 is 4.90 Å². The lowest BCUT2D eigenvalue weighted by molar-refractivity contribution is 0.0719. The Morgan fingerprint density at radius 1 is 1.47 bits per heavy atom. The Morgan fingerprint density at radius 3 is 2.82 bits per heavy atom. The summed E-state index contributed by atoms with van der Waals surface area (Å²) in [6.45, 7) is 5.16. The van der Waals surface area contributed by atoms with Crippen LogP contribution in [0.15, 0.2) is 22.7 Å². The van der Waals surface area contributed by atoms with Crippen molar-refractivity contribution < 1.29 is 4.79 Å². The lowest BCUT2D eigenvalue weighted by Gasteiger charge is -2.25. The van der Waals surface area contributed by atoms with Crippen molar-refractivity contribution in [1.82, 2.24) is 4.90 Å². The van der Waals surface area contributed by atoms with Crippen LogP contribution in [0.4, 0.5) is 0 Å². The summed E-state index contributed by atoms with van der Waals surface area (Å²) in [6.07, 6.45) is 1.32. The van der Waals surface area contributed by atoms with Crippen molar-refractivity contribution in [3.8, 4) is 0 Å². The lowest BCUT2D eigenvalue weighted by Crippen LogP contribution is -2.36. The highest BCUT2D eigenvalue weighted by molar-refractivity contribution is 9.10. The van der Waals surface area contributed by atoms with Crippen molar-refractivity contribution >= 4 is 21.8 Å². The molecule has 0 aromatic heterocycles. The predicted octanol–water partition coefficient (Wildman–Crippen LogP) is 3.24. The van der Waals surface area contributed by atoms with Crippen LogP contribution in [0.2, 0.25) is 0 Å². The zero-order chi connectivity index (χ0) is 12.2. The molecule has 3 rings (SSSR count). The Morgan fingerprint density at radius 2 is 2.24 bits per heavy atom. The summed E-state index contributed by atoms with van der Waals surface area (Å²) in [7, 11) is 0. The Labute approximate surface area is 110 Å². The maximum absolute atomic E-state index is 12.5. The number of benzene rings is 1. The number of hydrogen-bond acceptors (Lipinski definition) is 1. The van der Waals surface area contributed by atoms with E-state index in [0.717, 1.165) is 28.4 Å². The van der Waals surface area contributed by atoms with Gasteiger partial charge in [-0.3, -0.25) is 4.79 Å². The molecule has 1 saturated carbocycles. The predicted molar refractivity (Wildman–Crippen MR) is 71.0 cm³/mol. The van der Waals surface area contributed by atoms with Gasteiger partial charge in [0.15, 0.2) is 0 Å². The molecule has 1 aliphatic carbocycles. The van der Waals surface area contributed by atoms with Gasteiger partial charge in [-0.15, -0.1) is 0 Å². The molecule has 1 heterocycles. The Bertz CT molecular complexity index is 485. The van der Waals surface area contributed by atoms with Crippen molar-refractivity contribution in [1.29, 1.82) is 0 Å². The van der Waals surface area contributed by atoms with Crippen LogP contribution in [0, 0.1) is 18.8 Å². The summed E-state index contributed by atoms with van der Waals surface area (Å²) in [5, 5.41) is 0. The van der Waals surface area contributed by atoms with E-state index in [9.17, 15) is 4.79 Å². The standard InChI is InChI=1S/C14H16BrNO/c1-8-3-4-11(13(15)5-8)14(17)16-7-10-6-12(10)9(16)2/h3-5,9-10,12H,6-7H2,1-2H3/t9-,10-,12+/m1/s1. The molecule has 1 aliphatic heterocycles. The smallest absolute Gasteiger partial charge is 0.255 e. The van der Waals surface area contributed by atoms with Gasteiger partial charge in [-0.2, -0.15) is 0 Å². The molecule has 3 heteroatoms. The Kier molecular flexibility index (Phi) is 2.54. The van der Waals surface area contributed by atoms with Crippen molar-refractivity contribution in [2.24, 2.45) is 11.8 Å². The molecule has 2 aliphatic rings. The minimum atomic E-state index is 0.177. The molecule has 0 N–H and O–H groups in total. The molecule has 1 saturated heterocycles. The average molecular weight is 294 g/mol. The fourth-order valence-electron chi connectivity index (χ4n) is 2.94. The van der Waals surface area contributed by atoms with E-state index in [1.807, 2.05) is 30.0 Å². The SMILES string of the molecule is Cc1ccc(C(=O)N2C[C@H]3C[C@H]3[C@H]2C)c(Br)c1. The summed E-state index contributed by atoms with van der Waals surface area (Å²) >= 11 is 3.49. The zero-order valence-electron chi connectivity index (χ0n) is 10.1. The summed E-state index contributed by atoms with van der Waals surface area (Å²) in [5.74, 6) is 1.72. The first kappa shape index (κ1) is 11.3. The molecule has 1 amide bonds. The van der Waals surface area contributed by atoms with Crippen LogP contribution >= 0.6 is 15.9 Å². The topological polar surface area (TPSA) is 20.3 Å². The molecule has 3 atom stereocenters. The van der Waals surface area contributed by atoms with E-state index in [1.54, 1.807) is 0 Å². The molecule has 2 fully saturated rings. The lowest BCUT2D eigenvalue weighted by atomic mass is 10.1. The van der Waals surface area contributed by atoms with E-state index >= 15 is 0 Å². The largest absolute Gasteiger partial charge is 0.335 e. The van der Waals surface area contributed by atoms with Gasteiger partial charge in [0.1, 0.15) is 0 Å². The van der Waals surface area contributed by atoms with Gasteiger partial charge in [-0.25, -0.2) is 0 Å². The molecule has 2 nitrogen and oxygen atoms in total. The van der Waals surface area contributed by atoms with Gasteiger partial charge in [0, 0.05) is 17.1 Å². The molecule has 1 aromatic carbocycles. The number of hydrogen-bond donors (Lipinski definition) is 0. The van der Waals surface area contributed by atoms with Gasteiger partial charge in [0.05, 0.1) is 5.56 Å². The maximum atomic E-state index is 12.5. The first-order valence-electron chi connectivity index (χ1n) is 6.15. The van der Waals surface area contributed by atoms with E-state index in [-0.39, 0.29) is 5.91 Å². The molecule has 90 valence electrons. The van der Waals surface area contributed by atoms with E-state index in [0.29, 0.717) is 6.04 Å². The zero-order valence-corrected chi connectivity index (χ0v) is 11.7. The van der Waals surface area contributed by atoms with Crippen LogP contribution in [0.5, 0.6) is 0 Å². The average Bonchev–Trinajstić information content (AvgIpc) is 2.97. The van der Waals surface area contributed by atoms with Crippen LogP contribution in [-0.4, -0.2) is 23.4 Å². The number of nitrogens with zero attached hydrogens (tertiary/aromatic N) is 1. The van der Waals surface area contributed by atoms with Gasteiger partial charge in [0.2, 0.25) is 0 Å². The van der Waals surface area contributed by atoms with E-state index < -0.39 is 0 Å². The first-order chi connectivity index (χ1) is 8.08. The Balaban J connectivity index is 1.86. The van der Waals surface area contributed by atoms with Crippen LogP contribution in [0.1, 0.15) is 29.3 Å². The monoisotopic (exact) mass is 293 g/mol. The molecule has 0 spiro atoms. The fraction of sp³-hybridized carbons (Fsp3) is 0.500. The second kappa shape index (κ2) is 3.84. The number of likely N-dealkylation sites (tertiary alicyclic amines) is 1. The number of carbonyl (C=O) groups excluding carboxylic acids is 1. The van der Waals surface area contributed by atoms with Gasteiger partial charge in [-0.05, 0) is 65.7 Å². The molecule has 0 unspecified atom stereocenters. The molecule has 17 heavy (non-hydrogen) atoms. The second-order valence-corrected chi connectivity index (χ2v) is 6.20. The van der Waals surface area contributed by atoms with E-state index in [2.05, 4.69) is 22.9 Å². The molecular weight excluding hydrogens is 278 g/mol. The van der Waals surface area contributed by atoms with Crippen LogP contribution in [-0.2, 0) is 0 Å². The minimum Gasteiger partial charge on any atom is -0.335 e. The Hall–Kier alpha value is -0.830. The quantitative estimate of drug-likeness (QED) is 0.778. The molecule has 0 radical (unpaired) electrons. The molecule has 0 bridgehead atoms. The number of piperidine rings is 1. The highest BCUT2D eigenvalue weighted by Gasteiger charge is 2.51. The van der Waals surface area contributed by atoms with E-state index in [1.165, 1.54) is 12.0 Å². The first-order valence-corrected chi connectivity index (χ1v) is 6.94. The van der Waals surface area contributed by atoms with Gasteiger partial charge in [-0.1, -0.05) is 6.07 Å². The highest BCUT2D eigenvalue weighted by Crippen LogP contribution is 2.49. The third kappa shape index (κ3) is 1.81. The van der Waals surface area contributed by atoms with Crippen molar-refractivity contribution in [3.05, 3.63) is 33.8 Å². The van der Waals surface area contributed by atoms with Gasteiger partial charge >= 0.3 is 0 Å². The maximum Gasteiger partial charge on any atom is 0.255 e. The highest BCUT2D eigenvalue weighted by atomic mass is 79.9. The fourth-order valence-corrected chi connectivity index (χ4v) is 3.60. The third-order valence-electron chi connectivity index (χ3n) is 4.14.